The Labute approximate surface area is 169 Å². The predicted molar refractivity (Wildman–Crippen MR) is 108 cm³/mol. The van der Waals surface area contributed by atoms with Crippen LogP contribution >= 0.6 is 0 Å². The van der Waals surface area contributed by atoms with E-state index >= 15 is 0 Å². The summed E-state index contributed by atoms with van der Waals surface area (Å²) in [7, 11) is 1.58. The van der Waals surface area contributed by atoms with Crippen molar-refractivity contribution < 1.29 is 18.7 Å². The van der Waals surface area contributed by atoms with E-state index in [4.69, 9.17) is 9.47 Å². The van der Waals surface area contributed by atoms with Gasteiger partial charge in [0.2, 0.25) is 0 Å². The maximum atomic E-state index is 13.4. The van der Waals surface area contributed by atoms with Crippen LogP contribution in [-0.2, 0) is 0 Å². The van der Waals surface area contributed by atoms with E-state index in [0.29, 0.717) is 23.8 Å². The number of rotatable bonds is 8. The Morgan fingerprint density at radius 3 is 2.76 bits per heavy atom. The van der Waals surface area contributed by atoms with Crippen LogP contribution in [0.25, 0.3) is 5.69 Å². The summed E-state index contributed by atoms with van der Waals surface area (Å²) >= 11 is 0. The van der Waals surface area contributed by atoms with Crippen molar-refractivity contribution in [2.24, 2.45) is 0 Å². The van der Waals surface area contributed by atoms with Gasteiger partial charge in [-0.3, -0.25) is 4.79 Å². The summed E-state index contributed by atoms with van der Waals surface area (Å²) in [5.74, 6) is 0.605. The molecule has 7 heteroatoms. The van der Waals surface area contributed by atoms with Crippen LogP contribution in [0, 0.1) is 5.82 Å². The van der Waals surface area contributed by atoms with Crippen LogP contribution in [0.1, 0.15) is 42.4 Å². The highest BCUT2D eigenvalue weighted by molar-refractivity contribution is 5.92. The molecule has 3 rings (SSSR count). The third-order valence-electron chi connectivity index (χ3n) is 4.39. The fourth-order valence-corrected chi connectivity index (χ4v) is 2.85. The summed E-state index contributed by atoms with van der Waals surface area (Å²) in [6, 6.07) is 12.9. The van der Waals surface area contributed by atoms with E-state index in [0.717, 1.165) is 12.0 Å². The number of nitrogens with zero attached hydrogens (tertiary/aromatic N) is 2. The SMILES string of the molecule is CCCOc1ccc(C(C)NC(=O)c2ccn(-c3cccc(F)c3)n2)cc1OC. The van der Waals surface area contributed by atoms with Crippen LogP contribution in [0.15, 0.2) is 54.7 Å². The normalized spacial score (nSPS) is 11.7. The van der Waals surface area contributed by atoms with E-state index in [1.807, 2.05) is 32.0 Å². The van der Waals surface area contributed by atoms with Crippen molar-refractivity contribution in [2.75, 3.05) is 13.7 Å². The Morgan fingerprint density at radius 1 is 1.21 bits per heavy atom. The average molecular weight is 397 g/mol. The maximum Gasteiger partial charge on any atom is 0.272 e. The molecule has 0 saturated carbocycles. The monoisotopic (exact) mass is 397 g/mol. The van der Waals surface area contributed by atoms with Gasteiger partial charge in [0.25, 0.3) is 5.91 Å². The lowest BCUT2D eigenvalue weighted by Crippen LogP contribution is -2.27. The van der Waals surface area contributed by atoms with E-state index in [9.17, 15) is 9.18 Å². The number of hydrogen-bond donors (Lipinski definition) is 1. The molecule has 1 aromatic heterocycles. The minimum absolute atomic E-state index is 0.246. The number of benzene rings is 2. The molecule has 0 fully saturated rings. The summed E-state index contributed by atoms with van der Waals surface area (Å²) in [4.78, 5) is 12.6. The molecule has 0 aliphatic rings. The molecule has 1 N–H and O–H groups in total. The number of halogens is 1. The summed E-state index contributed by atoms with van der Waals surface area (Å²) < 4.78 is 25.9. The van der Waals surface area contributed by atoms with Gasteiger partial charge in [-0.25, -0.2) is 9.07 Å². The fraction of sp³-hybridized carbons (Fsp3) is 0.273. The smallest absolute Gasteiger partial charge is 0.272 e. The summed E-state index contributed by atoms with van der Waals surface area (Å²) in [6.45, 7) is 4.52. The molecule has 1 atom stereocenters. The van der Waals surface area contributed by atoms with Gasteiger partial charge in [-0.15, -0.1) is 0 Å². The van der Waals surface area contributed by atoms with Crippen molar-refractivity contribution in [1.29, 1.82) is 0 Å². The largest absolute Gasteiger partial charge is 0.493 e. The topological polar surface area (TPSA) is 65.4 Å². The summed E-state index contributed by atoms with van der Waals surface area (Å²) in [6.07, 6.45) is 2.52. The Balaban J connectivity index is 1.71. The predicted octanol–water partition coefficient (Wildman–Crippen LogP) is 4.30. The third-order valence-corrected chi connectivity index (χ3v) is 4.39. The van der Waals surface area contributed by atoms with Crippen molar-refractivity contribution >= 4 is 5.91 Å². The Hall–Kier alpha value is -3.35. The molecular formula is C22H24FN3O3. The Bertz CT molecular complexity index is 987. The molecule has 0 bridgehead atoms. The Kier molecular flexibility index (Phi) is 6.49. The van der Waals surface area contributed by atoms with Crippen LogP contribution in [0.2, 0.25) is 0 Å². The first kappa shape index (κ1) is 20.4. The third kappa shape index (κ3) is 4.93. The second-order valence-corrected chi connectivity index (χ2v) is 6.58. The second kappa shape index (κ2) is 9.23. The van der Waals surface area contributed by atoms with Crippen molar-refractivity contribution in [3.05, 3.63) is 71.8 Å². The maximum absolute atomic E-state index is 13.4. The minimum Gasteiger partial charge on any atom is -0.493 e. The highest BCUT2D eigenvalue weighted by atomic mass is 19.1. The average Bonchev–Trinajstić information content (AvgIpc) is 3.22. The van der Waals surface area contributed by atoms with Gasteiger partial charge in [0.1, 0.15) is 5.82 Å². The highest BCUT2D eigenvalue weighted by Crippen LogP contribution is 2.30. The van der Waals surface area contributed by atoms with Gasteiger partial charge in [0.15, 0.2) is 17.2 Å². The van der Waals surface area contributed by atoms with Crippen LogP contribution in [0.5, 0.6) is 11.5 Å². The van der Waals surface area contributed by atoms with Crippen LogP contribution in [-0.4, -0.2) is 29.4 Å². The number of amides is 1. The first-order valence-corrected chi connectivity index (χ1v) is 9.45. The number of carbonyl (C=O) groups is 1. The lowest BCUT2D eigenvalue weighted by Gasteiger charge is -2.16. The highest BCUT2D eigenvalue weighted by Gasteiger charge is 2.16. The zero-order valence-electron chi connectivity index (χ0n) is 16.7. The number of nitrogens with one attached hydrogen (secondary N) is 1. The molecule has 1 unspecified atom stereocenters. The molecular weight excluding hydrogens is 373 g/mol. The van der Waals surface area contributed by atoms with Crippen molar-refractivity contribution in [3.63, 3.8) is 0 Å². The number of hydrogen-bond acceptors (Lipinski definition) is 4. The van der Waals surface area contributed by atoms with Crippen molar-refractivity contribution in [2.45, 2.75) is 26.3 Å². The Morgan fingerprint density at radius 2 is 2.03 bits per heavy atom. The summed E-state index contributed by atoms with van der Waals surface area (Å²) in [5.41, 5.74) is 1.67. The molecule has 0 spiro atoms. The van der Waals surface area contributed by atoms with E-state index < -0.39 is 0 Å². The molecule has 0 radical (unpaired) electrons. The number of carbonyl (C=O) groups excluding carboxylic acids is 1. The van der Waals surface area contributed by atoms with Crippen LogP contribution in [0.4, 0.5) is 4.39 Å². The first-order chi connectivity index (χ1) is 14.0. The number of aromatic nitrogens is 2. The second-order valence-electron chi connectivity index (χ2n) is 6.58. The van der Waals surface area contributed by atoms with Gasteiger partial charge in [-0.05, 0) is 55.3 Å². The van der Waals surface area contributed by atoms with Gasteiger partial charge in [-0.1, -0.05) is 19.1 Å². The van der Waals surface area contributed by atoms with E-state index in [-0.39, 0.29) is 23.5 Å². The molecule has 1 amide bonds. The molecule has 29 heavy (non-hydrogen) atoms. The summed E-state index contributed by atoms with van der Waals surface area (Å²) in [5, 5.41) is 7.16. The molecule has 2 aromatic carbocycles. The van der Waals surface area contributed by atoms with E-state index in [2.05, 4.69) is 10.4 Å². The van der Waals surface area contributed by atoms with Gasteiger partial charge < -0.3 is 14.8 Å². The zero-order valence-corrected chi connectivity index (χ0v) is 16.7. The van der Waals surface area contributed by atoms with Gasteiger partial charge in [0, 0.05) is 6.20 Å². The van der Waals surface area contributed by atoms with Gasteiger partial charge in [0.05, 0.1) is 25.4 Å². The number of methoxy groups -OCH3 is 1. The van der Waals surface area contributed by atoms with Gasteiger partial charge in [-0.2, -0.15) is 5.10 Å². The molecule has 1 heterocycles. The van der Waals surface area contributed by atoms with Crippen LogP contribution < -0.4 is 14.8 Å². The molecule has 0 aliphatic heterocycles. The van der Waals surface area contributed by atoms with E-state index in [1.54, 1.807) is 31.5 Å². The van der Waals surface area contributed by atoms with Crippen molar-refractivity contribution in [3.8, 4) is 17.2 Å². The minimum atomic E-state index is -0.363. The lowest BCUT2D eigenvalue weighted by molar-refractivity contribution is 0.0934. The molecule has 6 nitrogen and oxygen atoms in total. The van der Waals surface area contributed by atoms with E-state index in [1.165, 1.54) is 16.8 Å². The van der Waals surface area contributed by atoms with Gasteiger partial charge >= 0.3 is 0 Å². The standard InChI is InChI=1S/C22H24FN3O3/c1-4-12-29-20-9-8-16(13-21(20)28-3)15(2)24-22(27)19-10-11-26(25-19)18-7-5-6-17(23)14-18/h5-11,13-15H,4,12H2,1-3H3,(H,24,27). The molecule has 0 aliphatic carbocycles. The molecule has 3 aromatic rings. The van der Waals surface area contributed by atoms with Crippen LogP contribution in [0.3, 0.4) is 0 Å². The zero-order chi connectivity index (χ0) is 20.8. The molecule has 152 valence electrons. The quantitative estimate of drug-likeness (QED) is 0.616. The lowest BCUT2D eigenvalue weighted by atomic mass is 10.1. The molecule has 0 saturated heterocycles. The first-order valence-electron chi connectivity index (χ1n) is 9.45. The van der Waals surface area contributed by atoms with Crippen molar-refractivity contribution in [1.82, 2.24) is 15.1 Å². The number of ether oxygens (including phenoxy) is 2. The fourth-order valence-electron chi connectivity index (χ4n) is 2.85.